The minimum atomic E-state index is -0.873. The number of methoxy groups -OCH3 is 1. The van der Waals surface area contributed by atoms with E-state index in [-0.39, 0.29) is 6.54 Å². The van der Waals surface area contributed by atoms with Crippen molar-refractivity contribution in [2.75, 3.05) is 33.9 Å². The first-order valence-corrected chi connectivity index (χ1v) is 4.25. The number of hydrogen-bond acceptors (Lipinski definition) is 4. The van der Waals surface area contributed by atoms with Crippen molar-refractivity contribution in [3.8, 4) is 0 Å². The maximum Gasteiger partial charge on any atom is 0.322 e. The van der Waals surface area contributed by atoms with Gasteiger partial charge in [0.1, 0.15) is 6.04 Å². The smallest absolute Gasteiger partial charge is 0.322 e. The first-order chi connectivity index (χ1) is 6.13. The number of hydrogen-bond donors (Lipinski definition) is 2. The fraction of sp³-hybridized carbons (Fsp3) is 0.875. The van der Waals surface area contributed by atoms with Crippen LogP contribution in [0.2, 0.25) is 0 Å². The van der Waals surface area contributed by atoms with Gasteiger partial charge in [-0.15, -0.1) is 0 Å². The summed E-state index contributed by atoms with van der Waals surface area (Å²) in [6.45, 7) is 1.46. The number of carboxylic acids is 1. The molecule has 0 amide bonds. The highest BCUT2D eigenvalue weighted by atomic mass is 16.5. The Kier molecular flexibility index (Phi) is 6.48. The maximum atomic E-state index is 10.7. The van der Waals surface area contributed by atoms with Gasteiger partial charge < -0.3 is 15.6 Å². The molecule has 0 aliphatic carbocycles. The summed E-state index contributed by atoms with van der Waals surface area (Å²) in [5.41, 5.74) is 5.33. The Labute approximate surface area is 78.5 Å². The Morgan fingerprint density at radius 2 is 2.31 bits per heavy atom. The third-order valence-corrected chi connectivity index (χ3v) is 1.90. The molecule has 0 saturated carbocycles. The summed E-state index contributed by atoms with van der Waals surface area (Å²) in [6, 6.07) is -0.586. The third-order valence-electron chi connectivity index (χ3n) is 1.90. The zero-order valence-electron chi connectivity index (χ0n) is 8.19. The molecule has 0 radical (unpaired) electrons. The molecule has 0 spiro atoms. The van der Waals surface area contributed by atoms with Crippen LogP contribution in [0.15, 0.2) is 0 Å². The summed E-state index contributed by atoms with van der Waals surface area (Å²) in [5.74, 6) is -0.873. The summed E-state index contributed by atoms with van der Waals surface area (Å²) in [5, 5.41) is 8.75. The van der Waals surface area contributed by atoms with E-state index in [1.54, 1.807) is 19.1 Å². The number of nitrogens with zero attached hydrogens (tertiary/aromatic N) is 1. The minimum absolute atomic E-state index is 0.138. The van der Waals surface area contributed by atoms with Gasteiger partial charge >= 0.3 is 5.97 Å². The molecular formula is C8H18N2O3. The summed E-state index contributed by atoms with van der Waals surface area (Å²) < 4.78 is 4.86. The lowest BCUT2D eigenvalue weighted by Crippen LogP contribution is -2.44. The van der Waals surface area contributed by atoms with Crippen LogP contribution in [0.3, 0.4) is 0 Å². The van der Waals surface area contributed by atoms with Gasteiger partial charge in [-0.25, -0.2) is 0 Å². The van der Waals surface area contributed by atoms with Crippen LogP contribution in [0.1, 0.15) is 6.42 Å². The van der Waals surface area contributed by atoms with Crippen LogP contribution >= 0.6 is 0 Å². The molecule has 5 heteroatoms. The molecule has 13 heavy (non-hydrogen) atoms. The van der Waals surface area contributed by atoms with Gasteiger partial charge in [0.05, 0.1) is 0 Å². The fourth-order valence-corrected chi connectivity index (χ4v) is 1.08. The molecule has 0 bridgehead atoms. The van der Waals surface area contributed by atoms with Gasteiger partial charge in [0.15, 0.2) is 0 Å². The molecule has 0 saturated heterocycles. The lowest BCUT2D eigenvalue weighted by atomic mass is 10.2. The molecule has 1 unspecified atom stereocenters. The van der Waals surface area contributed by atoms with Crippen molar-refractivity contribution in [2.45, 2.75) is 12.5 Å². The molecule has 0 aliphatic rings. The largest absolute Gasteiger partial charge is 0.480 e. The number of ether oxygens (including phenoxy) is 1. The van der Waals surface area contributed by atoms with Crippen molar-refractivity contribution in [3.05, 3.63) is 0 Å². The van der Waals surface area contributed by atoms with Gasteiger partial charge in [-0.1, -0.05) is 0 Å². The second-order valence-corrected chi connectivity index (χ2v) is 2.92. The van der Waals surface area contributed by atoms with E-state index < -0.39 is 12.0 Å². The highest BCUT2D eigenvalue weighted by molar-refractivity contribution is 5.73. The summed E-state index contributed by atoms with van der Waals surface area (Å²) in [7, 11) is 3.37. The van der Waals surface area contributed by atoms with Crippen LogP contribution in [0.4, 0.5) is 0 Å². The number of rotatable bonds is 7. The van der Waals surface area contributed by atoms with Crippen molar-refractivity contribution in [3.63, 3.8) is 0 Å². The second kappa shape index (κ2) is 6.82. The molecule has 0 aromatic rings. The Morgan fingerprint density at radius 1 is 1.69 bits per heavy atom. The minimum Gasteiger partial charge on any atom is -0.480 e. The second-order valence-electron chi connectivity index (χ2n) is 2.92. The van der Waals surface area contributed by atoms with E-state index in [0.717, 1.165) is 6.42 Å². The van der Waals surface area contributed by atoms with Gasteiger partial charge in [-0.2, -0.15) is 0 Å². The zero-order chi connectivity index (χ0) is 10.3. The first kappa shape index (κ1) is 12.3. The first-order valence-electron chi connectivity index (χ1n) is 4.25. The van der Waals surface area contributed by atoms with Gasteiger partial charge in [0.25, 0.3) is 0 Å². The van der Waals surface area contributed by atoms with Gasteiger partial charge in [0, 0.05) is 26.8 Å². The molecular weight excluding hydrogens is 172 g/mol. The van der Waals surface area contributed by atoms with E-state index in [2.05, 4.69) is 0 Å². The van der Waals surface area contributed by atoms with Gasteiger partial charge in [0.2, 0.25) is 0 Å². The average Bonchev–Trinajstić information content (AvgIpc) is 2.05. The zero-order valence-corrected chi connectivity index (χ0v) is 8.19. The lowest BCUT2D eigenvalue weighted by molar-refractivity contribution is -0.142. The Bertz CT molecular complexity index is 152. The van der Waals surface area contributed by atoms with E-state index in [9.17, 15) is 4.79 Å². The lowest BCUT2D eigenvalue weighted by Gasteiger charge is -2.22. The molecule has 1 atom stereocenters. The highest BCUT2D eigenvalue weighted by Gasteiger charge is 2.19. The van der Waals surface area contributed by atoms with Crippen LogP contribution in [0.5, 0.6) is 0 Å². The molecule has 78 valence electrons. The molecule has 0 heterocycles. The van der Waals surface area contributed by atoms with Crippen molar-refractivity contribution >= 4 is 5.97 Å². The number of nitrogens with two attached hydrogens (primary N) is 1. The predicted molar refractivity (Wildman–Crippen MR) is 49.6 cm³/mol. The summed E-state index contributed by atoms with van der Waals surface area (Å²) in [6.07, 6.45) is 0.816. The van der Waals surface area contributed by atoms with Gasteiger partial charge in [-0.05, 0) is 13.5 Å². The van der Waals surface area contributed by atoms with Crippen molar-refractivity contribution < 1.29 is 14.6 Å². The van der Waals surface area contributed by atoms with Gasteiger partial charge in [-0.3, -0.25) is 9.69 Å². The molecule has 0 aromatic heterocycles. The molecule has 3 N–H and O–H groups in total. The topological polar surface area (TPSA) is 75.8 Å². The molecule has 5 nitrogen and oxygen atoms in total. The van der Waals surface area contributed by atoms with E-state index in [1.807, 2.05) is 0 Å². The quantitative estimate of drug-likeness (QED) is 0.523. The molecule has 0 rings (SSSR count). The van der Waals surface area contributed by atoms with Crippen molar-refractivity contribution in [2.24, 2.45) is 5.73 Å². The summed E-state index contributed by atoms with van der Waals surface area (Å²) >= 11 is 0. The van der Waals surface area contributed by atoms with Crippen LogP contribution in [-0.2, 0) is 9.53 Å². The predicted octanol–water partition coefficient (Wildman–Crippen LogP) is -0.633. The standard InChI is InChI=1S/C8H18N2O3/c1-10(4-3-5-13-2)7(6-9)8(11)12/h7H,3-6,9H2,1-2H3,(H,11,12). The van der Waals surface area contributed by atoms with Crippen LogP contribution in [0.25, 0.3) is 0 Å². The normalized spacial score (nSPS) is 13.2. The van der Waals surface area contributed by atoms with E-state index >= 15 is 0 Å². The number of carbonyl (C=O) groups is 1. The average molecular weight is 190 g/mol. The number of carboxylic acid groups (broad SMARTS) is 1. The third kappa shape index (κ3) is 4.82. The van der Waals surface area contributed by atoms with E-state index in [4.69, 9.17) is 15.6 Å². The van der Waals surface area contributed by atoms with Crippen molar-refractivity contribution in [1.29, 1.82) is 0 Å². The fourth-order valence-electron chi connectivity index (χ4n) is 1.08. The number of aliphatic carboxylic acids is 1. The maximum absolute atomic E-state index is 10.7. The monoisotopic (exact) mass is 190 g/mol. The van der Waals surface area contributed by atoms with Crippen LogP contribution in [0, 0.1) is 0 Å². The van der Waals surface area contributed by atoms with Crippen LogP contribution < -0.4 is 5.73 Å². The van der Waals surface area contributed by atoms with E-state index in [0.29, 0.717) is 13.2 Å². The SMILES string of the molecule is COCCCN(C)C(CN)C(=O)O. The molecule has 0 aromatic carbocycles. The van der Waals surface area contributed by atoms with Crippen molar-refractivity contribution in [1.82, 2.24) is 4.90 Å². The van der Waals surface area contributed by atoms with Crippen LogP contribution in [-0.4, -0.2) is 55.9 Å². The Balaban J connectivity index is 3.77. The molecule has 0 aliphatic heterocycles. The highest BCUT2D eigenvalue weighted by Crippen LogP contribution is 1.96. The van der Waals surface area contributed by atoms with E-state index in [1.165, 1.54) is 0 Å². The Morgan fingerprint density at radius 3 is 2.69 bits per heavy atom. The summed E-state index contributed by atoms with van der Waals surface area (Å²) in [4.78, 5) is 12.4. The number of likely N-dealkylation sites (N-methyl/N-ethyl adjacent to an activating group) is 1. The molecule has 0 fully saturated rings. The Hall–Kier alpha value is -0.650.